The standard InChI is InChI=1S/C12H25NOS2.CH4/c1-4-6-8-13(9-7-5-2)12(15)16-10-11(3)14;/h11,14H,4-10H2,1-3H3;1H4. The maximum atomic E-state index is 9.24. The number of thioether (sulfide) groups is 1. The molecule has 4 heteroatoms. The Bertz CT molecular complexity index is 178. The molecule has 0 amide bonds. The zero-order valence-electron chi connectivity index (χ0n) is 10.7. The molecule has 104 valence electrons. The zero-order valence-corrected chi connectivity index (χ0v) is 12.4. The van der Waals surface area contributed by atoms with E-state index in [0.29, 0.717) is 5.75 Å². The van der Waals surface area contributed by atoms with Crippen molar-refractivity contribution in [3.63, 3.8) is 0 Å². The monoisotopic (exact) mass is 279 g/mol. The minimum absolute atomic E-state index is 0. The second-order valence-electron chi connectivity index (χ2n) is 4.12. The van der Waals surface area contributed by atoms with Crippen molar-refractivity contribution in [1.29, 1.82) is 0 Å². The average molecular weight is 280 g/mol. The van der Waals surface area contributed by atoms with Crippen LogP contribution in [0.5, 0.6) is 0 Å². The summed E-state index contributed by atoms with van der Waals surface area (Å²) < 4.78 is 0.947. The number of nitrogens with zero attached hydrogens (tertiary/aromatic N) is 1. The van der Waals surface area contributed by atoms with Gasteiger partial charge in [0.15, 0.2) is 0 Å². The van der Waals surface area contributed by atoms with Crippen molar-refractivity contribution in [2.45, 2.75) is 60.0 Å². The molecule has 0 aliphatic heterocycles. The van der Waals surface area contributed by atoms with Gasteiger partial charge in [0.05, 0.1) is 6.10 Å². The maximum Gasteiger partial charge on any atom is 0.136 e. The van der Waals surface area contributed by atoms with Crippen LogP contribution in [0, 0.1) is 0 Å². The molecule has 17 heavy (non-hydrogen) atoms. The predicted octanol–water partition coefficient (Wildman–Crippen LogP) is 3.92. The Morgan fingerprint density at radius 3 is 2.06 bits per heavy atom. The fourth-order valence-corrected chi connectivity index (χ4v) is 2.41. The highest BCUT2D eigenvalue weighted by atomic mass is 32.2. The van der Waals surface area contributed by atoms with E-state index in [2.05, 4.69) is 18.7 Å². The molecule has 1 unspecified atom stereocenters. The van der Waals surface area contributed by atoms with Crippen LogP contribution in [0.25, 0.3) is 0 Å². The Hall–Kier alpha value is 0.200. The van der Waals surface area contributed by atoms with Gasteiger partial charge in [-0.2, -0.15) is 0 Å². The molecule has 1 atom stereocenters. The number of hydrogen-bond donors (Lipinski definition) is 1. The van der Waals surface area contributed by atoms with E-state index in [-0.39, 0.29) is 13.5 Å². The molecule has 0 spiro atoms. The van der Waals surface area contributed by atoms with Crippen molar-refractivity contribution >= 4 is 28.3 Å². The van der Waals surface area contributed by atoms with Crippen LogP contribution in [0.4, 0.5) is 0 Å². The Morgan fingerprint density at radius 1 is 1.24 bits per heavy atom. The van der Waals surface area contributed by atoms with Gasteiger partial charge in [-0.25, -0.2) is 0 Å². The van der Waals surface area contributed by atoms with Gasteiger partial charge in [-0.1, -0.05) is 58.1 Å². The van der Waals surface area contributed by atoms with Gasteiger partial charge in [0.2, 0.25) is 0 Å². The van der Waals surface area contributed by atoms with E-state index in [1.54, 1.807) is 18.7 Å². The first-order valence-corrected chi connectivity index (χ1v) is 7.60. The smallest absolute Gasteiger partial charge is 0.136 e. The number of unbranched alkanes of at least 4 members (excludes halogenated alkanes) is 2. The topological polar surface area (TPSA) is 23.5 Å². The summed E-state index contributed by atoms with van der Waals surface area (Å²) in [5.74, 6) is 0.702. The first-order valence-electron chi connectivity index (χ1n) is 6.21. The molecule has 2 nitrogen and oxygen atoms in total. The SMILES string of the molecule is C.CCCCN(CCCC)C(=S)SCC(C)O. The number of aliphatic hydroxyl groups excluding tert-OH is 1. The quantitative estimate of drug-likeness (QED) is 0.680. The first-order chi connectivity index (χ1) is 7.61. The summed E-state index contributed by atoms with van der Waals surface area (Å²) >= 11 is 7.00. The lowest BCUT2D eigenvalue weighted by Gasteiger charge is -2.24. The highest BCUT2D eigenvalue weighted by molar-refractivity contribution is 8.22. The second-order valence-corrected chi connectivity index (χ2v) is 5.77. The average Bonchev–Trinajstić information content (AvgIpc) is 2.26. The van der Waals surface area contributed by atoms with Crippen LogP contribution in [0.2, 0.25) is 0 Å². The third-order valence-corrected chi connectivity index (χ3v) is 4.04. The summed E-state index contributed by atoms with van der Waals surface area (Å²) in [7, 11) is 0. The van der Waals surface area contributed by atoms with Gasteiger partial charge in [-0.15, -0.1) is 0 Å². The maximum absolute atomic E-state index is 9.24. The normalized spacial score (nSPS) is 11.8. The van der Waals surface area contributed by atoms with Crippen LogP contribution in [0.15, 0.2) is 0 Å². The first kappa shape index (κ1) is 19.5. The van der Waals surface area contributed by atoms with Crippen molar-refractivity contribution < 1.29 is 5.11 Å². The Balaban J connectivity index is 0. The Kier molecular flexibility index (Phi) is 14.5. The third-order valence-electron chi connectivity index (χ3n) is 2.27. The molecule has 0 aromatic carbocycles. The molecule has 0 aromatic heterocycles. The van der Waals surface area contributed by atoms with E-state index in [1.165, 1.54) is 25.7 Å². The summed E-state index contributed by atoms with van der Waals surface area (Å²) in [6.07, 6.45) is 4.51. The molecule has 0 aliphatic rings. The molecule has 0 fully saturated rings. The van der Waals surface area contributed by atoms with Crippen molar-refractivity contribution in [3.8, 4) is 0 Å². The molecule has 0 radical (unpaired) electrons. The Morgan fingerprint density at radius 2 is 1.71 bits per heavy atom. The van der Waals surface area contributed by atoms with Crippen LogP contribution < -0.4 is 0 Å². The molecular formula is C13H29NOS2. The molecule has 0 aliphatic carbocycles. The van der Waals surface area contributed by atoms with E-state index in [0.717, 1.165) is 17.4 Å². The van der Waals surface area contributed by atoms with Crippen molar-refractivity contribution in [2.75, 3.05) is 18.8 Å². The van der Waals surface area contributed by atoms with Crippen molar-refractivity contribution in [1.82, 2.24) is 4.90 Å². The van der Waals surface area contributed by atoms with Crippen LogP contribution in [-0.4, -0.2) is 39.3 Å². The molecule has 1 N–H and O–H groups in total. The summed E-state index contributed by atoms with van der Waals surface area (Å²) in [5, 5.41) is 9.24. The van der Waals surface area contributed by atoms with Crippen LogP contribution >= 0.6 is 24.0 Å². The molecule has 0 saturated heterocycles. The third kappa shape index (κ3) is 11.0. The lowest BCUT2D eigenvalue weighted by atomic mass is 10.3. The fourth-order valence-electron chi connectivity index (χ4n) is 1.28. The Labute approximate surface area is 117 Å². The highest BCUT2D eigenvalue weighted by Crippen LogP contribution is 2.13. The summed E-state index contributed by atoms with van der Waals surface area (Å²) in [6.45, 7) is 8.32. The molecule has 0 heterocycles. The van der Waals surface area contributed by atoms with Crippen LogP contribution in [0.3, 0.4) is 0 Å². The molecule has 0 rings (SSSR count). The summed E-state index contributed by atoms with van der Waals surface area (Å²) in [4.78, 5) is 2.29. The van der Waals surface area contributed by atoms with E-state index in [9.17, 15) is 5.11 Å². The van der Waals surface area contributed by atoms with Gasteiger partial charge in [0, 0.05) is 18.8 Å². The number of aliphatic hydroxyl groups is 1. The largest absolute Gasteiger partial charge is 0.393 e. The second kappa shape index (κ2) is 12.7. The van der Waals surface area contributed by atoms with E-state index in [1.807, 2.05) is 0 Å². The van der Waals surface area contributed by atoms with E-state index >= 15 is 0 Å². The number of thiocarbonyl (C=S) groups is 1. The molecular weight excluding hydrogens is 250 g/mol. The summed E-state index contributed by atoms with van der Waals surface area (Å²) in [6, 6.07) is 0. The van der Waals surface area contributed by atoms with Crippen molar-refractivity contribution in [2.24, 2.45) is 0 Å². The molecule has 0 aromatic rings. The predicted molar refractivity (Wildman–Crippen MR) is 84.9 cm³/mol. The molecule has 0 saturated carbocycles. The lowest BCUT2D eigenvalue weighted by Crippen LogP contribution is -2.30. The van der Waals surface area contributed by atoms with Crippen LogP contribution in [-0.2, 0) is 0 Å². The van der Waals surface area contributed by atoms with E-state index < -0.39 is 0 Å². The summed E-state index contributed by atoms with van der Waals surface area (Å²) in [5.41, 5.74) is 0. The number of hydrogen-bond acceptors (Lipinski definition) is 3. The van der Waals surface area contributed by atoms with E-state index in [4.69, 9.17) is 12.2 Å². The lowest BCUT2D eigenvalue weighted by molar-refractivity contribution is 0.220. The molecule has 0 bridgehead atoms. The minimum atomic E-state index is -0.276. The number of rotatable bonds is 8. The van der Waals surface area contributed by atoms with Gasteiger partial charge in [0.25, 0.3) is 0 Å². The van der Waals surface area contributed by atoms with Gasteiger partial charge in [0.1, 0.15) is 4.32 Å². The fraction of sp³-hybridized carbons (Fsp3) is 0.923. The minimum Gasteiger partial charge on any atom is -0.393 e. The highest BCUT2D eigenvalue weighted by Gasteiger charge is 2.10. The zero-order chi connectivity index (χ0) is 12.4. The van der Waals surface area contributed by atoms with Gasteiger partial charge >= 0.3 is 0 Å². The van der Waals surface area contributed by atoms with Gasteiger partial charge in [-0.3, -0.25) is 0 Å². The van der Waals surface area contributed by atoms with Gasteiger partial charge < -0.3 is 10.0 Å². The van der Waals surface area contributed by atoms with Gasteiger partial charge in [-0.05, 0) is 19.8 Å². The van der Waals surface area contributed by atoms with Crippen LogP contribution in [0.1, 0.15) is 53.9 Å². The van der Waals surface area contributed by atoms with Crippen molar-refractivity contribution in [3.05, 3.63) is 0 Å².